The number of aromatic hydroxyl groups is 1. The lowest BCUT2D eigenvalue weighted by molar-refractivity contribution is 0.102. The van der Waals surface area contributed by atoms with Crippen molar-refractivity contribution in [3.63, 3.8) is 0 Å². The van der Waals surface area contributed by atoms with Crippen LogP contribution in [0.5, 0.6) is 5.75 Å². The van der Waals surface area contributed by atoms with Crippen molar-refractivity contribution in [3.05, 3.63) is 70.2 Å². The molecule has 0 heterocycles. The molecule has 0 aromatic heterocycles. The monoisotopic (exact) mass is 355 g/mol. The van der Waals surface area contributed by atoms with Crippen LogP contribution in [-0.2, 0) is 0 Å². The van der Waals surface area contributed by atoms with Gasteiger partial charge in [0, 0.05) is 10.0 Å². The summed E-state index contributed by atoms with van der Waals surface area (Å²) in [6.07, 6.45) is 0. The Balaban J connectivity index is 2.03. The normalized spacial score (nSPS) is 10.6. The first-order valence-electron chi connectivity index (χ1n) is 6.84. The van der Waals surface area contributed by atoms with E-state index in [4.69, 9.17) is 0 Å². The van der Waals surface area contributed by atoms with Gasteiger partial charge in [0.2, 0.25) is 0 Å². The first-order valence-corrected chi connectivity index (χ1v) is 7.64. The molecule has 22 heavy (non-hydrogen) atoms. The molecule has 0 fully saturated rings. The number of benzene rings is 3. The van der Waals surface area contributed by atoms with Crippen LogP contribution in [0.1, 0.15) is 15.9 Å². The summed E-state index contributed by atoms with van der Waals surface area (Å²) in [5, 5.41) is 14.5. The van der Waals surface area contributed by atoms with Gasteiger partial charge in [0.1, 0.15) is 5.75 Å². The number of amides is 1. The molecule has 0 radical (unpaired) electrons. The second-order valence-corrected chi connectivity index (χ2v) is 5.97. The van der Waals surface area contributed by atoms with Gasteiger partial charge >= 0.3 is 0 Å². The quantitative estimate of drug-likeness (QED) is 0.644. The molecule has 110 valence electrons. The molecule has 0 saturated carbocycles. The third-order valence-corrected chi connectivity index (χ3v) is 4.21. The summed E-state index contributed by atoms with van der Waals surface area (Å²) >= 11 is 3.50. The van der Waals surface area contributed by atoms with Crippen molar-refractivity contribution in [1.29, 1.82) is 0 Å². The standard InChI is InChI=1S/C18H14BrNO2/c1-11-8-9-17(21)16(10-11)20-18(22)14-6-2-5-13-12(14)4-3-7-15(13)19/h2-10,21H,1H3,(H,20,22). The molecule has 0 spiro atoms. The van der Waals surface area contributed by atoms with E-state index in [-0.39, 0.29) is 11.7 Å². The number of halogens is 1. The molecule has 0 aliphatic rings. The number of fused-ring (bicyclic) bond motifs is 1. The summed E-state index contributed by atoms with van der Waals surface area (Å²) in [4.78, 5) is 12.6. The minimum atomic E-state index is -0.246. The van der Waals surface area contributed by atoms with E-state index < -0.39 is 0 Å². The van der Waals surface area contributed by atoms with Crippen LogP contribution in [-0.4, -0.2) is 11.0 Å². The van der Waals surface area contributed by atoms with Gasteiger partial charge in [0.15, 0.2) is 0 Å². The maximum atomic E-state index is 12.6. The Hall–Kier alpha value is -2.33. The molecule has 0 saturated heterocycles. The largest absolute Gasteiger partial charge is 0.506 e. The van der Waals surface area contributed by atoms with E-state index in [1.807, 2.05) is 37.3 Å². The van der Waals surface area contributed by atoms with Crippen molar-refractivity contribution in [3.8, 4) is 5.75 Å². The second-order valence-electron chi connectivity index (χ2n) is 5.12. The van der Waals surface area contributed by atoms with Gasteiger partial charge in [-0.1, -0.05) is 46.3 Å². The number of carbonyl (C=O) groups excluding carboxylic acids is 1. The molecule has 3 rings (SSSR count). The molecule has 2 N–H and O–H groups in total. The zero-order valence-corrected chi connectivity index (χ0v) is 13.5. The summed E-state index contributed by atoms with van der Waals surface area (Å²) in [7, 11) is 0. The van der Waals surface area contributed by atoms with E-state index in [0.717, 1.165) is 20.8 Å². The van der Waals surface area contributed by atoms with Crippen LogP contribution in [0.15, 0.2) is 59.1 Å². The van der Waals surface area contributed by atoms with Crippen molar-refractivity contribution >= 4 is 38.3 Å². The minimum Gasteiger partial charge on any atom is -0.506 e. The number of anilines is 1. The molecule has 4 heteroatoms. The van der Waals surface area contributed by atoms with Crippen LogP contribution in [0.4, 0.5) is 5.69 Å². The zero-order chi connectivity index (χ0) is 15.7. The van der Waals surface area contributed by atoms with Crippen molar-refractivity contribution in [2.24, 2.45) is 0 Å². The molecular formula is C18H14BrNO2. The number of hydrogen-bond donors (Lipinski definition) is 2. The third kappa shape index (κ3) is 2.70. The third-order valence-electron chi connectivity index (χ3n) is 3.51. The lowest BCUT2D eigenvalue weighted by Gasteiger charge is -2.10. The highest BCUT2D eigenvalue weighted by atomic mass is 79.9. The van der Waals surface area contributed by atoms with Crippen LogP contribution in [0, 0.1) is 6.92 Å². The van der Waals surface area contributed by atoms with Gasteiger partial charge in [-0.05, 0) is 47.5 Å². The number of aryl methyl sites for hydroxylation is 1. The number of phenols is 1. The Kier molecular flexibility index (Phi) is 3.86. The van der Waals surface area contributed by atoms with Crippen LogP contribution in [0.3, 0.4) is 0 Å². The highest BCUT2D eigenvalue weighted by Crippen LogP contribution is 2.28. The lowest BCUT2D eigenvalue weighted by atomic mass is 10.0. The summed E-state index contributed by atoms with van der Waals surface area (Å²) in [5.74, 6) is -0.190. The molecule has 3 aromatic rings. The van der Waals surface area contributed by atoms with Crippen molar-refractivity contribution in [1.82, 2.24) is 0 Å². The lowest BCUT2D eigenvalue weighted by Crippen LogP contribution is -2.12. The molecule has 1 amide bonds. The van der Waals surface area contributed by atoms with Gasteiger partial charge in [0.05, 0.1) is 5.69 Å². The predicted molar refractivity (Wildman–Crippen MR) is 92.4 cm³/mol. The van der Waals surface area contributed by atoms with Crippen molar-refractivity contribution < 1.29 is 9.90 Å². The highest BCUT2D eigenvalue weighted by molar-refractivity contribution is 9.10. The summed E-state index contributed by atoms with van der Waals surface area (Å²) < 4.78 is 0.943. The van der Waals surface area contributed by atoms with E-state index in [1.54, 1.807) is 24.3 Å². The number of rotatable bonds is 2. The molecule has 3 nitrogen and oxygen atoms in total. The molecule has 3 aromatic carbocycles. The van der Waals surface area contributed by atoms with Gasteiger partial charge in [-0.2, -0.15) is 0 Å². The summed E-state index contributed by atoms with van der Waals surface area (Å²) in [6.45, 7) is 1.91. The van der Waals surface area contributed by atoms with Crippen LogP contribution >= 0.6 is 15.9 Å². The van der Waals surface area contributed by atoms with Crippen molar-refractivity contribution in [2.45, 2.75) is 6.92 Å². The number of hydrogen-bond acceptors (Lipinski definition) is 2. The van der Waals surface area contributed by atoms with E-state index in [1.165, 1.54) is 0 Å². The smallest absolute Gasteiger partial charge is 0.256 e. The fraction of sp³-hybridized carbons (Fsp3) is 0.0556. The fourth-order valence-corrected chi connectivity index (χ4v) is 2.91. The first kappa shape index (κ1) is 14.6. The van der Waals surface area contributed by atoms with Crippen LogP contribution in [0.2, 0.25) is 0 Å². The average molecular weight is 356 g/mol. The highest BCUT2D eigenvalue weighted by Gasteiger charge is 2.13. The number of phenolic OH excluding ortho intramolecular Hbond substituents is 1. The summed E-state index contributed by atoms with van der Waals surface area (Å²) in [5.41, 5.74) is 1.95. The molecule has 0 atom stereocenters. The topological polar surface area (TPSA) is 49.3 Å². The molecule has 0 aliphatic carbocycles. The second kappa shape index (κ2) is 5.81. The zero-order valence-electron chi connectivity index (χ0n) is 11.9. The van der Waals surface area contributed by atoms with Gasteiger partial charge in [-0.3, -0.25) is 4.79 Å². The van der Waals surface area contributed by atoms with Gasteiger partial charge in [0.25, 0.3) is 5.91 Å². The molecule has 0 bridgehead atoms. The average Bonchev–Trinajstić information content (AvgIpc) is 2.51. The molecule has 0 aliphatic heterocycles. The first-order chi connectivity index (χ1) is 10.6. The Bertz CT molecular complexity index is 874. The maximum Gasteiger partial charge on any atom is 0.256 e. The van der Waals surface area contributed by atoms with E-state index in [0.29, 0.717) is 11.3 Å². The molecule has 0 unspecified atom stereocenters. The number of carbonyl (C=O) groups is 1. The van der Waals surface area contributed by atoms with Gasteiger partial charge < -0.3 is 10.4 Å². The SMILES string of the molecule is Cc1ccc(O)c(NC(=O)c2cccc3c(Br)cccc23)c1. The van der Waals surface area contributed by atoms with Crippen LogP contribution < -0.4 is 5.32 Å². The van der Waals surface area contributed by atoms with E-state index >= 15 is 0 Å². The Morgan fingerprint density at radius 1 is 1.05 bits per heavy atom. The maximum absolute atomic E-state index is 12.6. The number of nitrogens with one attached hydrogen (secondary N) is 1. The fourth-order valence-electron chi connectivity index (χ4n) is 2.41. The Labute approximate surface area is 136 Å². The minimum absolute atomic E-state index is 0.0559. The predicted octanol–water partition coefficient (Wildman–Crippen LogP) is 4.87. The Morgan fingerprint density at radius 2 is 1.77 bits per heavy atom. The van der Waals surface area contributed by atoms with E-state index in [2.05, 4.69) is 21.2 Å². The summed E-state index contributed by atoms with van der Waals surface area (Å²) in [6, 6.07) is 16.4. The van der Waals surface area contributed by atoms with Gasteiger partial charge in [-0.15, -0.1) is 0 Å². The Morgan fingerprint density at radius 3 is 2.59 bits per heavy atom. The van der Waals surface area contributed by atoms with Gasteiger partial charge in [-0.25, -0.2) is 0 Å². The van der Waals surface area contributed by atoms with Crippen molar-refractivity contribution in [2.75, 3.05) is 5.32 Å². The van der Waals surface area contributed by atoms with Crippen LogP contribution in [0.25, 0.3) is 10.8 Å². The van der Waals surface area contributed by atoms with E-state index in [9.17, 15) is 9.90 Å². The molecular weight excluding hydrogens is 342 g/mol.